The van der Waals surface area contributed by atoms with Crippen LogP contribution in [0.3, 0.4) is 0 Å². The standard InChI is InChI=1S/C24H35FN8O3/c1-3-4-8-31-9-5-18(32-10-6-24(7-11-32)15-30(2)23(35)36-24)17(14-31)28-22(34)19-20(26)29-33-13-16(25)12-27-21(19)33/h12-13,17-18H,3-11,14-15H2,1-2H3,(H2,26,29)(H,28,34). The summed E-state index contributed by atoms with van der Waals surface area (Å²) in [5.74, 6) is -0.889. The highest BCUT2D eigenvalue weighted by molar-refractivity contribution is 6.04. The average molecular weight is 503 g/mol. The molecule has 12 heteroatoms. The topological polar surface area (TPSA) is 121 Å². The van der Waals surface area contributed by atoms with Crippen LogP contribution in [-0.2, 0) is 4.74 Å². The van der Waals surface area contributed by atoms with E-state index in [-0.39, 0.29) is 41.1 Å². The smallest absolute Gasteiger partial charge is 0.410 e. The zero-order chi connectivity index (χ0) is 25.4. The predicted octanol–water partition coefficient (Wildman–Crippen LogP) is 1.34. The van der Waals surface area contributed by atoms with Crippen molar-refractivity contribution < 1.29 is 18.7 Å². The number of halogens is 1. The Bertz CT molecular complexity index is 1130. The first-order valence-electron chi connectivity index (χ1n) is 12.8. The van der Waals surface area contributed by atoms with Crippen LogP contribution in [0, 0.1) is 5.82 Å². The summed E-state index contributed by atoms with van der Waals surface area (Å²) in [5, 5.41) is 7.29. The zero-order valence-electron chi connectivity index (χ0n) is 21.0. The number of rotatable bonds is 6. The number of nitrogens with one attached hydrogen (secondary N) is 1. The number of hydrogen-bond acceptors (Lipinski definition) is 8. The van der Waals surface area contributed by atoms with Gasteiger partial charge in [0.05, 0.1) is 25.0 Å². The second-order valence-electron chi connectivity index (χ2n) is 10.3. The van der Waals surface area contributed by atoms with Crippen molar-refractivity contribution in [1.82, 2.24) is 34.6 Å². The lowest BCUT2D eigenvalue weighted by molar-refractivity contribution is -0.0246. The molecule has 2 amide bonds. The minimum atomic E-state index is -0.558. The van der Waals surface area contributed by atoms with E-state index in [0.717, 1.165) is 77.2 Å². The second kappa shape index (κ2) is 9.81. The maximum absolute atomic E-state index is 13.6. The van der Waals surface area contributed by atoms with Gasteiger partial charge in [-0.1, -0.05) is 13.3 Å². The number of hydrogen-bond donors (Lipinski definition) is 2. The lowest BCUT2D eigenvalue weighted by Crippen LogP contribution is -2.62. The number of amides is 2. The SMILES string of the molecule is CCCCN1CCC(N2CCC3(CC2)CN(C)C(=O)O3)C(NC(=O)c2c(N)nn3cc(F)cnc23)C1. The van der Waals surface area contributed by atoms with Crippen LogP contribution in [0.4, 0.5) is 15.0 Å². The van der Waals surface area contributed by atoms with Crippen molar-refractivity contribution in [2.24, 2.45) is 0 Å². The van der Waals surface area contributed by atoms with Gasteiger partial charge in [0.2, 0.25) is 0 Å². The number of ether oxygens (including phenoxy) is 1. The molecule has 5 heterocycles. The third-order valence-electron chi connectivity index (χ3n) is 7.82. The van der Waals surface area contributed by atoms with Crippen molar-refractivity contribution in [2.75, 3.05) is 52.0 Å². The molecular formula is C24H35FN8O3. The Kier molecular flexibility index (Phi) is 6.73. The van der Waals surface area contributed by atoms with Gasteiger partial charge in [-0.25, -0.2) is 18.7 Å². The number of nitrogens with zero attached hydrogens (tertiary/aromatic N) is 6. The molecule has 0 radical (unpaired) electrons. The number of nitrogen functional groups attached to an aromatic ring is 1. The molecule has 0 bridgehead atoms. The molecule has 3 fully saturated rings. The van der Waals surface area contributed by atoms with Gasteiger partial charge in [-0.3, -0.25) is 9.69 Å². The minimum Gasteiger partial charge on any atom is -0.441 e. The monoisotopic (exact) mass is 502 g/mol. The number of fused-ring (bicyclic) bond motifs is 1. The van der Waals surface area contributed by atoms with Crippen molar-refractivity contribution >= 4 is 23.5 Å². The Morgan fingerprint density at radius 1 is 1.33 bits per heavy atom. The Hall–Kier alpha value is -2.99. The number of carbonyl (C=O) groups is 2. The van der Waals surface area contributed by atoms with Gasteiger partial charge in [0, 0.05) is 45.6 Å². The predicted molar refractivity (Wildman–Crippen MR) is 131 cm³/mol. The maximum Gasteiger partial charge on any atom is 0.410 e. The van der Waals surface area contributed by atoms with Crippen LogP contribution in [0.1, 0.15) is 49.4 Å². The van der Waals surface area contributed by atoms with Crippen LogP contribution in [0.2, 0.25) is 0 Å². The largest absolute Gasteiger partial charge is 0.441 e. The van der Waals surface area contributed by atoms with E-state index in [2.05, 4.69) is 32.1 Å². The molecular weight excluding hydrogens is 467 g/mol. The zero-order valence-corrected chi connectivity index (χ0v) is 21.0. The van der Waals surface area contributed by atoms with Gasteiger partial charge in [0.1, 0.15) is 11.2 Å². The van der Waals surface area contributed by atoms with Crippen molar-refractivity contribution in [2.45, 2.75) is 56.7 Å². The molecule has 0 aliphatic carbocycles. The van der Waals surface area contributed by atoms with Crippen LogP contribution in [0.5, 0.6) is 0 Å². The van der Waals surface area contributed by atoms with Crippen LogP contribution in [-0.4, -0.2) is 105 Å². The van der Waals surface area contributed by atoms with Gasteiger partial charge < -0.3 is 25.6 Å². The van der Waals surface area contributed by atoms with E-state index in [1.54, 1.807) is 11.9 Å². The average Bonchev–Trinajstić information content (AvgIpc) is 3.32. The summed E-state index contributed by atoms with van der Waals surface area (Å²) in [6.07, 6.45) is 6.65. The molecule has 36 heavy (non-hydrogen) atoms. The lowest BCUT2D eigenvalue weighted by atomic mass is 9.88. The van der Waals surface area contributed by atoms with Gasteiger partial charge in [-0.15, -0.1) is 5.10 Å². The number of piperidine rings is 2. The molecule has 2 atom stereocenters. The molecule has 3 aliphatic heterocycles. The lowest BCUT2D eigenvalue weighted by Gasteiger charge is -2.47. The highest BCUT2D eigenvalue weighted by Crippen LogP contribution is 2.34. The number of anilines is 1. The van der Waals surface area contributed by atoms with Crippen LogP contribution >= 0.6 is 0 Å². The third kappa shape index (κ3) is 4.71. The third-order valence-corrected chi connectivity index (χ3v) is 7.82. The Morgan fingerprint density at radius 3 is 2.81 bits per heavy atom. The molecule has 5 rings (SSSR count). The highest BCUT2D eigenvalue weighted by Gasteiger charge is 2.47. The molecule has 3 N–H and O–H groups in total. The van der Waals surface area contributed by atoms with Crippen LogP contribution in [0.15, 0.2) is 12.4 Å². The van der Waals surface area contributed by atoms with Gasteiger partial charge in [-0.05, 0) is 25.9 Å². The van der Waals surface area contributed by atoms with E-state index in [0.29, 0.717) is 6.54 Å². The molecule has 0 aromatic carbocycles. The van der Waals surface area contributed by atoms with Gasteiger partial charge in [0.25, 0.3) is 5.91 Å². The number of carbonyl (C=O) groups excluding carboxylic acids is 2. The van der Waals surface area contributed by atoms with E-state index >= 15 is 0 Å². The number of aromatic nitrogens is 3. The summed E-state index contributed by atoms with van der Waals surface area (Å²) in [7, 11) is 1.77. The molecule has 2 aromatic rings. The fourth-order valence-electron chi connectivity index (χ4n) is 5.87. The molecule has 11 nitrogen and oxygen atoms in total. The highest BCUT2D eigenvalue weighted by atomic mass is 19.1. The number of nitrogens with two attached hydrogens (primary N) is 1. The van der Waals surface area contributed by atoms with E-state index in [1.165, 1.54) is 4.52 Å². The minimum absolute atomic E-state index is 0.0212. The summed E-state index contributed by atoms with van der Waals surface area (Å²) >= 11 is 0. The number of likely N-dealkylation sites (N-methyl/N-ethyl adjacent to an activating group) is 1. The maximum atomic E-state index is 13.6. The van der Waals surface area contributed by atoms with Crippen molar-refractivity contribution in [3.05, 3.63) is 23.8 Å². The Balaban J connectivity index is 1.32. The summed E-state index contributed by atoms with van der Waals surface area (Å²) in [6, 6.07) is 0.0215. The van der Waals surface area contributed by atoms with Crippen LogP contribution in [0.25, 0.3) is 5.65 Å². The van der Waals surface area contributed by atoms with E-state index in [4.69, 9.17) is 10.5 Å². The van der Waals surface area contributed by atoms with Gasteiger partial charge in [0.15, 0.2) is 17.3 Å². The molecule has 1 spiro atoms. The molecule has 3 aliphatic rings. The summed E-state index contributed by atoms with van der Waals surface area (Å²) in [4.78, 5) is 35.9. The van der Waals surface area contributed by atoms with E-state index < -0.39 is 11.4 Å². The fourth-order valence-corrected chi connectivity index (χ4v) is 5.87. The quantitative estimate of drug-likeness (QED) is 0.607. The molecule has 2 aromatic heterocycles. The summed E-state index contributed by atoms with van der Waals surface area (Å²) < 4.78 is 20.5. The molecule has 2 unspecified atom stereocenters. The van der Waals surface area contributed by atoms with Crippen molar-refractivity contribution in [3.63, 3.8) is 0 Å². The van der Waals surface area contributed by atoms with E-state index in [9.17, 15) is 14.0 Å². The van der Waals surface area contributed by atoms with Crippen molar-refractivity contribution in [1.29, 1.82) is 0 Å². The Labute approximate surface area is 209 Å². The number of unbranched alkanes of at least 4 members (excludes halogenated alkanes) is 1. The molecule has 196 valence electrons. The molecule has 0 saturated carbocycles. The first-order valence-corrected chi connectivity index (χ1v) is 12.8. The molecule has 3 saturated heterocycles. The number of likely N-dealkylation sites (tertiary alicyclic amines) is 2. The Morgan fingerprint density at radius 2 is 2.11 bits per heavy atom. The van der Waals surface area contributed by atoms with Crippen molar-refractivity contribution in [3.8, 4) is 0 Å². The van der Waals surface area contributed by atoms with Crippen LogP contribution < -0.4 is 11.1 Å². The van der Waals surface area contributed by atoms with Gasteiger partial charge >= 0.3 is 6.09 Å². The van der Waals surface area contributed by atoms with E-state index in [1.807, 2.05) is 0 Å². The second-order valence-corrected chi connectivity index (χ2v) is 10.3. The first kappa shape index (κ1) is 24.7. The van der Waals surface area contributed by atoms with Gasteiger partial charge in [-0.2, -0.15) is 0 Å². The fraction of sp³-hybridized carbons (Fsp3) is 0.667. The summed E-state index contributed by atoms with van der Waals surface area (Å²) in [6.45, 7) is 7.08. The normalized spacial score (nSPS) is 25.0. The first-order chi connectivity index (χ1) is 17.3. The summed E-state index contributed by atoms with van der Waals surface area (Å²) in [5.41, 5.74) is 6.03.